The summed E-state index contributed by atoms with van der Waals surface area (Å²) in [5.74, 6) is 0. The maximum absolute atomic E-state index is 3.60. The number of rotatable bonds is 1. The zero-order valence-electron chi connectivity index (χ0n) is 3.42. The Labute approximate surface area is 49.5 Å². The van der Waals surface area contributed by atoms with Gasteiger partial charge in [0.05, 0.1) is 0 Å². The van der Waals surface area contributed by atoms with Gasteiger partial charge in [-0.2, -0.15) is 6.42 Å². The molecule has 0 amide bonds. The Hall–Kier alpha value is 0.740. The van der Waals surface area contributed by atoms with Crippen molar-refractivity contribution in [3.8, 4) is 0 Å². The molecule has 0 saturated heterocycles. The summed E-state index contributed by atoms with van der Waals surface area (Å²) >= 11 is 0. The summed E-state index contributed by atoms with van der Waals surface area (Å²) in [6.07, 6.45) is 2.28. The minimum absolute atomic E-state index is 0. The Kier molecular flexibility index (Phi) is 16.3. The van der Waals surface area contributed by atoms with Gasteiger partial charge < -0.3 is 6.92 Å². The van der Waals surface area contributed by atoms with Crippen LogP contribution in [0.4, 0.5) is 0 Å². The molecule has 0 rings (SSSR count). The summed E-state index contributed by atoms with van der Waals surface area (Å²) in [6.45, 7) is 5.72. The van der Waals surface area contributed by atoms with Crippen molar-refractivity contribution in [2.45, 2.75) is 19.8 Å². The van der Waals surface area contributed by atoms with E-state index in [1.165, 1.54) is 6.42 Å². The van der Waals surface area contributed by atoms with E-state index >= 15 is 0 Å². The number of hydrogen-bond donors (Lipinski definition) is 0. The third-order valence-electron chi connectivity index (χ3n) is 0.354. The molecule has 0 aromatic heterocycles. The molecule has 0 fully saturated rings. The first-order valence-electron chi connectivity index (χ1n) is 1.71. The molecule has 0 N–H and O–H groups in total. The van der Waals surface area contributed by atoms with Gasteiger partial charge in [-0.1, -0.05) is 13.3 Å². The Balaban J connectivity index is 0. The molecule has 0 aliphatic rings. The summed E-state index contributed by atoms with van der Waals surface area (Å²) < 4.78 is 0. The van der Waals surface area contributed by atoms with Crippen molar-refractivity contribution >= 4 is 0 Å². The van der Waals surface area contributed by atoms with Crippen LogP contribution < -0.4 is 0 Å². The van der Waals surface area contributed by atoms with Gasteiger partial charge in [0.2, 0.25) is 0 Å². The number of hydrogen-bond acceptors (Lipinski definition) is 0. The predicted molar refractivity (Wildman–Crippen MR) is 20.3 cm³/mol. The maximum Gasteiger partial charge on any atom is 1.00 e. The molecular weight excluding hydrogens is 245 g/mol. The molecule has 0 bridgehead atoms. The summed E-state index contributed by atoms with van der Waals surface area (Å²) in [6, 6.07) is 0. The van der Waals surface area contributed by atoms with E-state index in [9.17, 15) is 0 Å². The van der Waals surface area contributed by atoms with E-state index in [4.69, 9.17) is 0 Å². The first kappa shape index (κ1) is 9.22. The van der Waals surface area contributed by atoms with E-state index in [2.05, 4.69) is 13.8 Å². The molecular formula is C4H9Au. The largest absolute Gasteiger partial charge is 1.00 e. The van der Waals surface area contributed by atoms with E-state index in [0.717, 1.165) is 6.42 Å². The van der Waals surface area contributed by atoms with Gasteiger partial charge >= 0.3 is 22.4 Å². The van der Waals surface area contributed by atoms with E-state index in [0.29, 0.717) is 0 Å². The SMILES string of the molecule is [Au+].[CH2-]CCC. The molecule has 0 saturated carbocycles. The van der Waals surface area contributed by atoms with Crippen LogP contribution in [0.25, 0.3) is 0 Å². The average Bonchev–Trinajstić information content (AvgIpc) is 1.37. The fourth-order valence-corrected chi connectivity index (χ4v) is 0. The van der Waals surface area contributed by atoms with Crippen molar-refractivity contribution in [2.75, 3.05) is 0 Å². The first-order valence-corrected chi connectivity index (χ1v) is 1.71. The summed E-state index contributed by atoms with van der Waals surface area (Å²) in [7, 11) is 0. The third-order valence-corrected chi connectivity index (χ3v) is 0.354. The van der Waals surface area contributed by atoms with E-state index < -0.39 is 0 Å². The van der Waals surface area contributed by atoms with E-state index in [-0.39, 0.29) is 22.4 Å². The van der Waals surface area contributed by atoms with Gasteiger partial charge in [-0.3, -0.25) is 0 Å². The van der Waals surface area contributed by atoms with Gasteiger partial charge in [0.25, 0.3) is 0 Å². The standard InChI is InChI=1S/C4H9.Au/c1-3-4-2;/h1,3-4H2,2H3;/q-1;+1. The van der Waals surface area contributed by atoms with Crippen molar-refractivity contribution in [3.05, 3.63) is 6.92 Å². The van der Waals surface area contributed by atoms with Gasteiger partial charge in [-0.25, -0.2) is 0 Å². The quantitative estimate of drug-likeness (QED) is 0.492. The predicted octanol–water partition coefficient (Wildman–Crippen LogP) is 1.62. The fourth-order valence-electron chi connectivity index (χ4n) is 0. The molecule has 0 atom stereocenters. The molecule has 5 heavy (non-hydrogen) atoms. The zero-order chi connectivity index (χ0) is 3.41. The molecule has 0 unspecified atom stereocenters. The van der Waals surface area contributed by atoms with Crippen LogP contribution in [0, 0.1) is 6.92 Å². The van der Waals surface area contributed by atoms with Crippen molar-refractivity contribution in [2.24, 2.45) is 0 Å². The fraction of sp³-hybridized carbons (Fsp3) is 0.750. The molecule has 0 heterocycles. The second kappa shape index (κ2) is 8.83. The van der Waals surface area contributed by atoms with Crippen LogP contribution in [-0.2, 0) is 22.4 Å². The summed E-state index contributed by atoms with van der Waals surface area (Å²) in [4.78, 5) is 0. The third kappa shape index (κ3) is 11.8. The Morgan fingerprint density at radius 1 is 1.60 bits per heavy atom. The molecule has 36 valence electrons. The summed E-state index contributed by atoms with van der Waals surface area (Å²) in [5, 5.41) is 0. The second-order valence-corrected chi connectivity index (χ2v) is 0.854. The molecule has 0 spiro atoms. The zero-order valence-corrected chi connectivity index (χ0v) is 5.59. The van der Waals surface area contributed by atoms with Crippen molar-refractivity contribution in [1.29, 1.82) is 0 Å². The Bertz CT molecular complexity index is 5.61. The minimum atomic E-state index is 0. The van der Waals surface area contributed by atoms with Crippen LogP contribution in [0.1, 0.15) is 19.8 Å². The monoisotopic (exact) mass is 254 g/mol. The molecule has 0 aromatic carbocycles. The van der Waals surface area contributed by atoms with Gasteiger partial charge in [0.1, 0.15) is 0 Å². The Morgan fingerprint density at radius 2 is 1.80 bits per heavy atom. The molecule has 0 aliphatic carbocycles. The Morgan fingerprint density at radius 3 is 1.80 bits per heavy atom. The molecule has 0 aromatic rings. The van der Waals surface area contributed by atoms with Crippen LogP contribution >= 0.6 is 0 Å². The normalized spacial score (nSPS) is 6.00. The molecule has 0 aliphatic heterocycles. The van der Waals surface area contributed by atoms with Crippen LogP contribution in [-0.4, -0.2) is 0 Å². The van der Waals surface area contributed by atoms with E-state index in [1.54, 1.807) is 0 Å². The van der Waals surface area contributed by atoms with Gasteiger partial charge in [-0.05, 0) is 0 Å². The van der Waals surface area contributed by atoms with Crippen LogP contribution in [0.15, 0.2) is 0 Å². The number of unbranched alkanes of at least 4 members (excludes halogenated alkanes) is 1. The van der Waals surface area contributed by atoms with Crippen molar-refractivity contribution in [3.63, 3.8) is 0 Å². The van der Waals surface area contributed by atoms with Gasteiger partial charge in [0.15, 0.2) is 0 Å². The summed E-state index contributed by atoms with van der Waals surface area (Å²) in [5.41, 5.74) is 0. The smallest absolute Gasteiger partial charge is 0.343 e. The second-order valence-electron chi connectivity index (χ2n) is 0.854. The van der Waals surface area contributed by atoms with Crippen LogP contribution in [0.3, 0.4) is 0 Å². The first-order chi connectivity index (χ1) is 1.91. The topological polar surface area (TPSA) is 0 Å². The maximum atomic E-state index is 3.60. The van der Waals surface area contributed by atoms with E-state index in [1.807, 2.05) is 0 Å². The van der Waals surface area contributed by atoms with Crippen LogP contribution in [0.2, 0.25) is 0 Å². The molecule has 0 nitrogen and oxygen atoms in total. The van der Waals surface area contributed by atoms with Gasteiger partial charge in [-0.15, -0.1) is 0 Å². The minimum Gasteiger partial charge on any atom is -0.343 e. The molecule has 1 heteroatoms. The van der Waals surface area contributed by atoms with Crippen LogP contribution in [0.5, 0.6) is 0 Å². The van der Waals surface area contributed by atoms with Gasteiger partial charge in [0, 0.05) is 0 Å². The average molecular weight is 254 g/mol. The molecule has 0 radical (unpaired) electrons. The van der Waals surface area contributed by atoms with Crippen molar-refractivity contribution < 1.29 is 22.4 Å². The van der Waals surface area contributed by atoms with Crippen molar-refractivity contribution in [1.82, 2.24) is 0 Å².